The van der Waals surface area contributed by atoms with Gasteiger partial charge in [-0.15, -0.1) is 0 Å². The third-order valence-corrected chi connectivity index (χ3v) is 9.15. The van der Waals surface area contributed by atoms with Crippen molar-refractivity contribution in [2.24, 2.45) is 5.92 Å². The molecule has 0 unspecified atom stereocenters. The first-order chi connectivity index (χ1) is 15.4. The van der Waals surface area contributed by atoms with E-state index in [0.717, 1.165) is 61.8 Å². The standard InChI is InChI=1S/C26H30N2O3S/c1-27-24-12-11-22(18-23(24)25(26(27)29)21-9-5-6-10-21)32(30,31)28-15-13-20(14-16-28)17-19-7-3-2-4-8-19/h2-4,7-8,11-12,18,20H,5-6,9-10,13-17H2,1H3. The molecule has 32 heavy (non-hydrogen) atoms. The predicted octanol–water partition coefficient (Wildman–Crippen LogP) is 4.63. The van der Waals surface area contributed by atoms with Crippen LogP contribution < -0.4 is 4.90 Å². The molecule has 0 bridgehead atoms. The van der Waals surface area contributed by atoms with Gasteiger partial charge in [0.05, 0.1) is 10.6 Å². The number of amides is 1. The van der Waals surface area contributed by atoms with Crippen LogP contribution in [0.4, 0.5) is 5.69 Å². The van der Waals surface area contributed by atoms with Gasteiger partial charge < -0.3 is 4.90 Å². The first-order valence-corrected chi connectivity index (χ1v) is 13.1. The number of carbonyl (C=O) groups excluding carboxylic acids is 1. The monoisotopic (exact) mass is 450 g/mol. The second-order valence-electron chi connectivity index (χ2n) is 9.27. The predicted molar refractivity (Wildman–Crippen MR) is 127 cm³/mol. The van der Waals surface area contributed by atoms with Crippen LogP contribution in [-0.4, -0.2) is 38.8 Å². The summed E-state index contributed by atoms with van der Waals surface area (Å²) < 4.78 is 28.5. The van der Waals surface area contributed by atoms with Gasteiger partial charge in [0.2, 0.25) is 10.0 Å². The molecule has 0 N–H and O–H groups in total. The fraction of sp³-hybridized carbons (Fsp3) is 0.423. The Bertz CT molecular complexity index is 1150. The molecule has 168 valence electrons. The zero-order chi connectivity index (χ0) is 22.3. The molecule has 5 nitrogen and oxygen atoms in total. The van der Waals surface area contributed by atoms with Crippen LogP contribution in [0.5, 0.6) is 0 Å². The van der Waals surface area contributed by atoms with Crippen LogP contribution in [-0.2, 0) is 21.2 Å². The summed E-state index contributed by atoms with van der Waals surface area (Å²) in [6.45, 7) is 1.09. The summed E-state index contributed by atoms with van der Waals surface area (Å²) in [6, 6.07) is 15.6. The van der Waals surface area contributed by atoms with Gasteiger partial charge in [-0.3, -0.25) is 4.79 Å². The highest BCUT2D eigenvalue weighted by Gasteiger charge is 2.35. The number of likely N-dealkylation sites (N-methyl/N-ethyl adjacent to an activating group) is 1. The maximum absolute atomic E-state index is 13.5. The number of piperidine rings is 1. The van der Waals surface area contributed by atoms with Crippen LogP contribution in [0.3, 0.4) is 0 Å². The lowest BCUT2D eigenvalue weighted by Gasteiger charge is -2.31. The highest BCUT2D eigenvalue weighted by molar-refractivity contribution is 7.89. The van der Waals surface area contributed by atoms with Crippen molar-refractivity contribution in [3.63, 3.8) is 0 Å². The Morgan fingerprint density at radius 1 is 0.969 bits per heavy atom. The maximum Gasteiger partial charge on any atom is 0.258 e. The van der Waals surface area contributed by atoms with Crippen molar-refractivity contribution in [2.75, 3.05) is 25.0 Å². The largest absolute Gasteiger partial charge is 0.311 e. The average Bonchev–Trinajstić information content (AvgIpc) is 3.41. The van der Waals surface area contributed by atoms with Crippen molar-refractivity contribution in [3.8, 4) is 0 Å². The summed E-state index contributed by atoms with van der Waals surface area (Å²) in [5, 5.41) is 0. The van der Waals surface area contributed by atoms with Gasteiger partial charge >= 0.3 is 0 Å². The molecule has 1 saturated heterocycles. The van der Waals surface area contributed by atoms with Crippen LogP contribution in [0.2, 0.25) is 0 Å². The molecule has 2 aromatic rings. The van der Waals surface area contributed by atoms with Gasteiger partial charge in [-0.05, 0) is 74.6 Å². The molecule has 2 aliphatic heterocycles. The fourth-order valence-corrected chi connectivity index (χ4v) is 6.90. The van der Waals surface area contributed by atoms with Crippen molar-refractivity contribution in [1.82, 2.24) is 4.31 Å². The summed E-state index contributed by atoms with van der Waals surface area (Å²) in [6.07, 6.45) is 6.80. The van der Waals surface area contributed by atoms with Crippen molar-refractivity contribution in [1.29, 1.82) is 0 Å². The molecule has 2 heterocycles. The van der Waals surface area contributed by atoms with E-state index in [1.54, 1.807) is 34.5 Å². The Morgan fingerprint density at radius 2 is 1.66 bits per heavy atom. The van der Waals surface area contributed by atoms with Gasteiger partial charge in [-0.1, -0.05) is 35.9 Å². The molecule has 0 atom stereocenters. The highest BCUT2D eigenvalue weighted by atomic mass is 32.2. The molecule has 5 rings (SSSR count). The Labute approximate surface area is 190 Å². The molecule has 0 radical (unpaired) electrons. The number of rotatable bonds is 4. The van der Waals surface area contributed by atoms with Crippen LogP contribution in [0.15, 0.2) is 59.0 Å². The van der Waals surface area contributed by atoms with E-state index >= 15 is 0 Å². The smallest absolute Gasteiger partial charge is 0.258 e. The van der Waals surface area contributed by atoms with Gasteiger partial charge in [0.15, 0.2) is 0 Å². The van der Waals surface area contributed by atoms with E-state index < -0.39 is 10.0 Å². The van der Waals surface area contributed by atoms with Crippen molar-refractivity contribution >= 4 is 27.2 Å². The maximum atomic E-state index is 13.5. The minimum absolute atomic E-state index is 0.00632. The zero-order valence-electron chi connectivity index (χ0n) is 18.6. The van der Waals surface area contributed by atoms with Gasteiger partial charge in [0.25, 0.3) is 5.91 Å². The van der Waals surface area contributed by atoms with Crippen LogP contribution in [0, 0.1) is 5.92 Å². The number of sulfonamides is 1. The fourth-order valence-electron chi connectivity index (χ4n) is 5.40. The molecule has 6 heteroatoms. The molecule has 2 aromatic carbocycles. The van der Waals surface area contributed by atoms with E-state index in [0.29, 0.717) is 23.9 Å². The van der Waals surface area contributed by atoms with Crippen molar-refractivity contribution in [3.05, 3.63) is 65.2 Å². The third-order valence-electron chi connectivity index (χ3n) is 7.26. The van der Waals surface area contributed by atoms with Crippen molar-refractivity contribution < 1.29 is 13.2 Å². The van der Waals surface area contributed by atoms with Crippen molar-refractivity contribution in [2.45, 2.75) is 49.8 Å². The average molecular weight is 451 g/mol. The normalized spacial score (nSPS) is 20.3. The number of carbonyl (C=O) groups is 1. The van der Waals surface area contributed by atoms with Crippen LogP contribution >= 0.6 is 0 Å². The molecule has 1 aliphatic carbocycles. The molecule has 1 saturated carbocycles. The number of hydrogen-bond donors (Lipinski definition) is 0. The lowest BCUT2D eigenvalue weighted by atomic mass is 9.91. The topological polar surface area (TPSA) is 57.7 Å². The Morgan fingerprint density at radius 3 is 2.34 bits per heavy atom. The van der Waals surface area contributed by atoms with E-state index in [4.69, 9.17) is 0 Å². The highest BCUT2D eigenvalue weighted by Crippen LogP contribution is 2.43. The number of fused-ring (bicyclic) bond motifs is 1. The number of benzene rings is 2. The third kappa shape index (κ3) is 3.80. The summed E-state index contributed by atoms with van der Waals surface area (Å²) in [4.78, 5) is 14.9. The molecular weight excluding hydrogens is 420 g/mol. The first-order valence-electron chi connectivity index (χ1n) is 11.6. The Hall–Kier alpha value is -2.44. The molecule has 2 fully saturated rings. The molecular formula is C26H30N2O3S. The SMILES string of the molecule is CN1C(=O)C(=C2CCCC2)c2cc(S(=O)(=O)N3CCC(Cc4ccccc4)CC3)ccc21. The summed E-state index contributed by atoms with van der Waals surface area (Å²) in [5.74, 6) is 0.502. The molecule has 0 aromatic heterocycles. The number of allylic oxidation sites excluding steroid dienone is 1. The molecule has 1 amide bonds. The second kappa shape index (κ2) is 8.49. The summed E-state index contributed by atoms with van der Waals surface area (Å²) >= 11 is 0. The number of anilines is 1. The summed E-state index contributed by atoms with van der Waals surface area (Å²) in [7, 11) is -1.81. The van der Waals surface area contributed by atoms with E-state index in [2.05, 4.69) is 24.3 Å². The Balaban J connectivity index is 1.36. The second-order valence-corrected chi connectivity index (χ2v) is 11.2. The minimum atomic E-state index is -3.58. The van der Waals surface area contributed by atoms with E-state index in [1.807, 2.05) is 6.07 Å². The van der Waals surface area contributed by atoms with E-state index in [-0.39, 0.29) is 5.91 Å². The summed E-state index contributed by atoms with van der Waals surface area (Å²) in [5.41, 5.74) is 4.82. The lowest BCUT2D eigenvalue weighted by Crippen LogP contribution is -2.38. The van der Waals surface area contributed by atoms with Crippen LogP contribution in [0.25, 0.3) is 5.57 Å². The van der Waals surface area contributed by atoms with Gasteiger partial charge in [-0.25, -0.2) is 8.42 Å². The quantitative estimate of drug-likeness (QED) is 0.638. The minimum Gasteiger partial charge on any atom is -0.311 e. The number of hydrogen-bond acceptors (Lipinski definition) is 3. The van der Waals surface area contributed by atoms with E-state index in [1.165, 1.54) is 11.1 Å². The Kier molecular flexibility index (Phi) is 5.68. The lowest BCUT2D eigenvalue weighted by molar-refractivity contribution is -0.112. The van der Waals surface area contributed by atoms with Gasteiger partial charge in [-0.2, -0.15) is 4.31 Å². The molecule has 3 aliphatic rings. The van der Waals surface area contributed by atoms with Crippen LogP contribution in [0.1, 0.15) is 49.7 Å². The van der Waals surface area contributed by atoms with Gasteiger partial charge in [0, 0.05) is 31.3 Å². The molecule has 0 spiro atoms. The number of nitrogens with zero attached hydrogens (tertiary/aromatic N) is 2. The zero-order valence-corrected chi connectivity index (χ0v) is 19.4. The van der Waals surface area contributed by atoms with E-state index in [9.17, 15) is 13.2 Å². The first kappa shape index (κ1) is 21.4. The van der Waals surface area contributed by atoms with Gasteiger partial charge in [0.1, 0.15) is 0 Å².